The molecule has 142 valence electrons. The summed E-state index contributed by atoms with van der Waals surface area (Å²) < 4.78 is 11.8. The Kier molecular flexibility index (Phi) is 4.37. The molecular formula is C23H15ClN2O3. The molecule has 4 aromatic rings. The zero-order valence-corrected chi connectivity index (χ0v) is 16.0. The normalized spacial score (nSPS) is 15.6. The highest BCUT2D eigenvalue weighted by Crippen LogP contribution is 2.35. The number of Topliss-reactive ketones (excluding diaryl/α,β-unsaturated/α-hetero) is 1. The molecule has 1 atom stereocenters. The molecule has 2 heterocycles. The van der Waals surface area contributed by atoms with Crippen LogP contribution in [0.1, 0.15) is 28.4 Å². The zero-order valence-electron chi connectivity index (χ0n) is 15.2. The van der Waals surface area contributed by atoms with Crippen molar-refractivity contribution in [2.75, 3.05) is 0 Å². The quantitative estimate of drug-likeness (QED) is 0.435. The van der Waals surface area contributed by atoms with E-state index in [1.165, 1.54) is 0 Å². The third kappa shape index (κ3) is 3.41. The van der Waals surface area contributed by atoms with E-state index in [4.69, 9.17) is 20.8 Å². The van der Waals surface area contributed by atoms with Crippen LogP contribution in [-0.4, -0.2) is 16.0 Å². The average Bonchev–Trinajstić information content (AvgIpc) is 3.25. The number of nitrogens with zero attached hydrogens (tertiary/aromatic N) is 2. The van der Waals surface area contributed by atoms with Gasteiger partial charge in [-0.05, 0) is 54.1 Å². The average molecular weight is 403 g/mol. The number of hydrogen-bond acceptors (Lipinski definition) is 5. The van der Waals surface area contributed by atoms with E-state index in [1.807, 2.05) is 54.6 Å². The summed E-state index contributed by atoms with van der Waals surface area (Å²) in [6, 6.07) is 22.2. The molecule has 0 radical (unpaired) electrons. The van der Waals surface area contributed by atoms with Crippen molar-refractivity contribution in [2.45, 2.75) is 12.5 Å². The van der Waals surface area contributed by atoms with Crippen LogP contribution in [0.2, 0.25) is 5.02 Å². The van der Waals surface area contributed by atoms with Crippen LogP contribution in [0.15, 0.2) is 77.2 Å². The SMILES string of the molecule is O=C1CC(c2ccc(-c3nnc(-c4ccc(Cl)cc4)o3)cc2)Oc2ccccc21. The minimum absolute atomic E-state index is 0.0884. The van der Waals surface area contributed by atoms with Crippen LogP contribution in [0.5, 0.6) is 5.75 Å². The Morgan fingerprint density at radius 3 is 2.14 bits per heavy atom. The van der Waals surface area contributed by atoms with Gasteiger partial charge in [0, 0.05) is 16.1 Å². The highest BCUT2D eigenvalue weighted by atomic mass is 35.5. The van der Waals surface area contributed by atoms with Crippen LogP contribution in [-0.2, 0) is 0 Å². The van der Waals surface area contributed by atoms with Gasteiger partial charge in [0.2, 0.25) is 11.8 Å². The zero-order chi connectivity index (χ0) is 19.8. The monoisotopic (exact) mass is 402 g/mol. The Balaban J connectivity index is 1.37. The number of ether oxygens (including phenoxy) is 1. The van der Waals surface area contributed by atoms with Crippen LogP contribution in [0.25, 0.3) is 22.9 Å². The van der Waals surface area contributed by atoms with Crippen molar-refractivity contribution in [1.29, 1.82) is 0 Å². The predicted molar refractivity (Wildman–Crippen MR) is 109 cm³/mol. The van der Waals surface area contributed by atoms with E-state index in [1.54, 1.807) is 18.2 Å². The number of ketones is 1. The maximum atomic E-state index is 12.4. The largest absolute Gasteiger partial charge is 0.484 e. The van der Waals surface area contributed by atoms with Crippen molar-refractivity contribution in [3.63, 3.8) is 0 Å². The molecule has 5 nitrogen and oxygen atoms in total. The van der Waals surface area contributed by atoms with Crippen molar-refractivity contribution in [3.8, 4) is 28.7 Å². The molecule has 0 fully saturated rings. The molecule has 0 N–H and O–H groups in total. The first kappa shape index (κ1) is 17.6. The molecule has 0 amide bonds. The van der Waals surface area contributed by atoms with Gasteiger partial charge in [-0.1, -0.05) is 35.9 Å². The topological polar surface area (TPSA) is 65.2 Å². The van der Waals surface area contributed by atoms with Crippen molar-refractivity contribution in [3.05, 3.63) is 88.9 Å². The molecule has 0 saturated heterocycles. The standard InChI is InChI=1S/C23H15ClN2O3/c24-17-11-9-16(10-12-17)23-26-25-22(29-23)15-7-5-14(6-8-15)21-13-19(27)18-3-1-2-4-20(18)28-21/h1-12,21H,13H2. The number of benzene rings is 3. The smallest absolute Gasteiger partial charge is 0.248 e. The maximum absolute atomic E-state index is 12.4. The van der Waals surface area contributed by atoms with E-state index >= 15 is 0 Å². The minimum atomic E-state index is -0.307. The van der Waals surface area contributed by atoms with Crippen molar-refractivity contribution < 1.29 is 13.9 Å². The van der Waals surface area contributed by atoms with Crippen molar-refractivity contribution in [1.82, 2.24) is 10.2 Å². The van der Waals surface area contributed by atoms with Gasteiger partial charge >= 0.3 is 0 Å². The van der Waals surface area contributed by atoms with Gasteiger partial charge in [-0.3, -0.25) is 4.79 Å². The molecule has 6 heteroatoms. The molecule has 3 aromatic carbocycles. The minimum Gasteiger partial charge on any atom is -0.484 e. The first-order chi connectivity index (χ1) is 14.2. The molecule has 0 aliphatic carbocycles. The summed E-state index contributed by atoms with van der Waals surface area (Å²) in [6.07, 6.45) is 0.0104. The fourth-order valence-corrected chi connectivity index (χ4v) is 3.47. The van der Waals surface area contributed by atoms with Gasteiger partial charge in [-0.25, -0.2) is 0 Å². The third-order valence-electron chi connectivity index (χ3n) is 4.87. The van der Waals surface area contributed by atoms with Crippen LogP contribution in [0.3, 0.4) is 0 Å². The fourth-order valence-electron chi connectivity index (χ4n) is 3.35. The second-order valence-electron chi connectivity index (χ2n) is 6.77. The number of halogens is 1. The molecule has 5 rings (SSSR count). The van der Waals surface area contributed by atoms with Crippen LogP contribution in [0.4, 0.5) is 0 Å². The van der Waals surface area contributed by atoms with Gasteiger partial charge in [0.1, 0.15) is 11.9 Å². The summed E-state index contributed by atoms with van der Waals surface area (Å²) in [6.45, 7) is 0. The highest BCUT2D eigenvalue weighted by molar-refractivity contribution is 6.30. The lowest BCUT2D eigenvalue weighted by Gasteiger charge is -2.25. The van der Waals surface area contributed by atoms with Gasteiger partial charge in [-0.15, -0.1) is 10.2 Å². The Hall–Kier alpha value is -3.44. The first-order valence-corrected chi connectivity index (χ1v) is 9.54. The second-order valence-corrected chi connectivity index (χ2v) is 7.21. The van der Waals surface area contributed by atoms with Crippen LogP contribution in [0, 0.1) is 0 Å². The number of rotatable bonds is 3. The number of hydrogen-bond donors (Lipinski definition) is 0. The van der Waals surface area contributed by atoms with E-state index in [0.29, 0.717) is 34.5 Å². The fraction of sp³-hybridized carbons (Fsp3) is 0.0870. The Morgan fingerprint density at radius 1 is 0.828 bits per heavy atom. The van der Waals surface area contributed by atoms with Gasteiger partial charge < -0.3 is 9.15 Å². The molecule has 0 saturated carbocycles. The van der Waals surface area contributed by atoms with E-state index in [2.05, 4.69) is 10.2 Å². The molecular weight excluding hydrogens is 388 g/mol. The van der Waals surface area contributed by atoms with E-state index in [-0.39, 0.29) is 11.9 Å². The Morgan fingerprint density at radius 2 is 1.45 bits per heavy atom. The molecule has 1 unspecified atom stereocenters. The number of aromatic nitrogens is 2. The molecule has 1 aromatic heterocycles. The second kappa shape index (κ2) is 7.18. The lowest BCUT2D eigenvalue weighted by Crippen LogP contribution is -2.20. The third-order valence-corrected chi connectivity index (χ3v) is 5.13. The lowest BCUT2D eigenvalue weighted by atomic mass is 9.96. The number of para-hydroxylation sites is 1. The lowest BCUT2D eigenvalue weighted by molar-refractivity contribution is 0.0850. The highest BCUT2D eigenvalue weighted by Gasteiger charge is 2.27. The Bertz CT molecular complexity index is 1180. The molecule has 1 aliphatic heterocycles. The molecule has 0 spiro atoms. The van der Waals surface area contributed by atoms with E-state index in [9.17, 15) is 4.79 Å². The van der Waals surface area contributed by atoms with E-state index < -0.39 is 0 Å². The van der Waals surface area contributed by atoms with Crippen molar-refractivity contribution >= 4 is 17.4 Å². The molecule has 1 aliphatic rings. The first-order valence-electron chi connectivity index (χ1n) is 9.16. The summed E-state index contributed by atoms with van der Waals surface area (Å²) in [4.78, 5) is 12.4. The summed E-state index contributed by atoms with van der Waals surface area (Å²) in [5.74, 6) is 1.57. The summed E-state index contributed by atoms with van der Waals surface area (Å²) in [7, 11) is 0. The number of fused-ring (bicyclic) bond motifs is 1. The number of carbonyl (C=O) groups is 1. The maximum Gasteiger partial charge on any atom is 0.248 e. The van der Waals surface area contributed by atoms with Gasteiger partial charge in [-0.2, -0.15) is 0 Å². The predicted octanol–water partition coefficient (Wildman–Crippen LogP) is 5.76. The van der Waals surface area contributed by atoms with Gasteiger partial charge in [0.15, 0.2) is 5.78 Å². The molecule has 0 bridgehead atoms. The van der Waals surface area contributed by atoms with Gasteiger partial charge in [0.25, 0.3) is 0 Å². The summed E-state index contributed by atoms with van der Waals surface area (Å²) in [5, 5.41) is 8.89. The van der Waals surface area contributed by atoms with Crippen LogP contribution >= 0.6 is 11.6 Å². The molecule has 29 heavy (non-hydrogen) atoms. The summed E-state index contributed by atoms with van der Waals surface area (Å²) in [5.41, 5.74) is 3.16. The van der Waals surface area contributed by atoms with Crippen molar-refractivity contribution in [2.24, 2.45) is 0 Å². The van der Waals surface area contributed by atoms with Gasteiger partial charge in [0.05, 0.1) is 12.0 Å². The summed E-state index contributed by atoms with van der Waals surface area (Å²) >= 11 is 5.92. The number of carbonyl (C=O) groups excluding carboxylic acids is 1. The van der Waals surface area contributed by atoms with E-state index in [0.717, 1.165) is 16.7 Å². The van der Waals surface area contributed by atoms with Crippen LogP contribution < -0.4 is 4.74 Å². The Labute approximate surface area is 171 Å².